The molecule has 0 spiro atoms. The summed E-state index contributed by atoms with van der Waals surface area (Å²) in [6.45, 7) is 8.33. The summed E-state index contributed by atoms with van der Waals surface area (Å²) in [5.41, 5.74) is 1.22. The topological polar surface area (TPSA) is 39.7 Å². The maximum Gasteiger partial charge on any atom is 0.119 e. The van der Waals surface area contributed by atoms with Gasteiger partial charge in [-0.25, -0.2) is 0 Å². The Morgan fingerprint density at radius 3 is 2.55 bits per heavy atom. The van der Waals surface area contributed by atoms with Crippen LogP contribution < -0.4 is 10.1 Å². The normalized spacial score (nSPS) is 11.0. The second kappa shape index (κ2) is 10.7. The van der Waals surface area contributed by atoms with Gasteiger partial charge in [0.1, 0.15) is 12.4 Å². The van der Waals surface area contributed by atoms with E-state index >= 15 is 0 Å². The number of benzene rings is 1. The van der Waals surface area contributed by atoms with Crippen molar-refractivity contribution in [2.45, 2.75) is 20.4 Å². The van der Waals surface area contributed by atoms with Crippen molar-refractivity contribution in [1.29, 1.82) is 0 Å². The quantitative estimate of drug-likeness (QED) is 0.633. The number of hydrogen-bond acceptors (Lipinski definition) is 4. The molecule has 1 N–H and O–H groups in total. The van der Waals surface area contributed by atoms with Crippen molar-refractivity contribution < 1.29 is 14.2 Å². The lowest BCUT2D eigenvalue weighted by atomic mass is 10.2. The second-order valence-electron chi connectivity index (χ2n) is 5.11. The van der Waals surface area contributed by atoms with Gasteiger partial charge >= 0.3 is 0 Å². The van der Waals surface area contributed by atoms with Crippen LogP contribution in [-0.4, -0.2) is 40.1 Å². The van der Waals surface area contributed by atoms with Crippen molar-refractivity contribution in [2.75, 3.05) is 40.1 Å². The highest BCUT2D eigenvalue weighted by molar-refractivity contribution is 5.28. The van der Waals surface area contributed by atoms with Crippen LogP contribution in [0.25, 0.3) is 0 Å². The van der Waals surface area contributed by atoms with Gasteiger partial charge in [0.15, 0.2) is 0 Å². The minimum absolute atomic E-state index is 0.563. The first-order valence-electron chi connectivity index (χ1n) is 7.24. The molecular weight excluding hydrogens is 254 g/mol. The molecule has 0 aliphatic carbocycles. The first kappa shape index (κ1) is 17.0. The number of nitrogens with one attached hydrogen (secondary N) is 1. The Morgan fingerprint density at radius 2 is 1.80 bits per heavy atom. The first-order chi connectivity index (χ1) is 9.72. The SMILES string of the molecule is CNCc1cccc(OCCOCCOCC(C)C)c1. The average Bonchev–Trinajstić information content (AvgIpc) is 2.42. The molecule has 4 heteroatoms. The molecular formula is C16H27NO3. The van der Waals surface area contributed by atoms with Crippen LogP contribution in [0.3, 0.4) is 0 Å². The summed E-state index contributed by atoms with van der Waals surface area (Å²) in [6, 6.07) is 8.09. The largest absolute Gasteiger partial charge is 0.491 e. The fraction of sp³-hybridized carbons (Fsp3) is 0.625. The lowest BCUT2D eigenvalue weighted by Crippen LogP contribution is -2.12. The molecule has 0 fully saturated rings. The van der Waals surface area contributed by atoms with Gasteiger partial charge in [0, 0.05) is 13.2 Å². The van der Waals surface area contributed by atoms with Crippen molar-refractivity contribution in [1.82, 2.24) is 5.32 Å². The van der Waals surface area contributed by atoms with Gasteiger partial charge in [-0.15, -0.1) is 0 Å². The van der Waals surface area contributed by atoms with E-state index in [0.29, 0.717) is 32.3 Å². The summed E-state index contributed by atoms with van der Waals surface area (Å²) in [7, 11) is 1.93. The number of rotatable bonds is 11. The monoisotopic (exact) mass is 281 g/mol. The molecule has 1 aromatic carbocycles. The van der Waals surface area contributed by atoms with Crippen molar-refractivity contribution >= 4 is 0 Å². The van der Waals surface area contributed by atoms with E-state index in [9.17, 15) is 0 Å². The Bertz CT molecular complexity index is 355. The summed E-state index contributed by atoms with van der Waals surface area (Å²) in [5, 5.41) is 3.12. The first-order valence-corrected chi connectivity index (χ1v) is 7.24. The molecule has 0 atom stereocenters. The van der Waals surface area contributed by atoms with Crippen molar-refractivity contribution in [3.05, 3.63) is 29.8 Å². The predicted molar refractivity (Wildman–Crippen MR) is 81.2 cm³/mol. The lowest BCUT2D eigenvalue weighted by Gasteiger charge is -2.09. The third-order valence-electron chi connectivity index (χ3n) is 2.60. The molecule has 0 saturated carbocycles. The van der Waals surface area contributed by atoms with Crippen LogP contribution in [0.4, 0.5) is 0 Å². The third-order valence-corrected chi connectivity index (χ3v) is 2.60. The van der Waals surface area contributed by atoms with E-state index in [0.717, 1.165) is 18.9 Å². The summed E-state index contributed by atoms with van der Waals surface area (Å²) in [6.07, 6.45) is 0. The molecule has 4 nitrogen and oxygen atoms in total. The molecule has 0 unspecified atom stereocenters. The molecule has 0 bridgehead atoms. The minimum atomic E-state index is 0.563. The summed E-state index contributed by atoms with van der Waals surface area (Å²) in [5.74, 6) is 1.46. The van der Waals surface area contributed by atoms with Gasteiger partial charge in [0.2, 0.25) is 0 Å². The molecule has 114 valence electrons. The lowest BCUT2D eigenvalue weighted by molar-refractivity contribution is 0.0282. The van der Waals surface area contributed by atoms with Crippen LogP contribution in [0, 0.1) is 5.92 Å². The van der Waals surface area contributed by atoms with E-state index in [1.807, 2.05) is 25.2 Å². The fourth-order valence-corrected chi connectivity index (χ4v) is 1.71. The highest BCUT2D eigenvalue weighted by Crippen LogP contribution is 2.12. The summed E-state index contributed by atoms with van der Waals surface area (Å²) < 4.78 is 16.5. The van der Waals surface area contributed by atoms with E-state index in [1.165, 1.54) is 5.56 Å². The van der Waals surface area contributed by atoms with E-state index in [-0.39, 0.29) is 0 Å². The predicted octanol–water partition coefficient (Wildman–Crippen LogP) is 2.47. The van der Waals surface area contributed by atoms with Crippen molar-refractivity contribution in [3.63, 3.8) is 0 Å². The standard InChI is InChI=1S/C16H27NO3/c1-14(2)13-19-8-7-18-9-10-20-16-6-4-5-15(11-16)12-17-3/h4-6,11,14,17H,7-10,12-13H2,1-3H3. The van der Waals surface area contributed by atoms with E-state index in [1.54, 1.807) is 0 Å². The van der Waals surface area contributed by atoms with Crippen LogP contribution >= 0.6 is 0 Å². The van der Waals surface area contributed by atoms with E-state index in [2.05, 4.69) is 25.2 Å². The minimum Gasteiger partial charge on any atom is -0.491 e. The van der Waals surface area contributed by atoms with E-state index < -0.39 is 0 Å². The zero-order valence-electron chi connectivity index (χ0n) is 12.9. The smallest absolute Gasteiger partial charge is 0.119 e. The molecule has 0 heterocycles. The van der Waals surface area contributed by atoms with Gasteiger partial charge in [-0.3, -0.25) is 0 Å². The summed E-state index contributed by atoms with van der Waals surface area (Å²) >= 11 is 0. The molecule has 1 aromatic rings. The molecule has 0 aliphatic heterocycles. The molecule has 0 radical (unpaired) electrons. The Kier molecular flexibility index (Phi) is 9.04. The average molecular weight is 281 g/mol. The number of ether oxygens (including phenoxy) is 3. The maximum absolute atomic E-state index is 5.64. The third kappa shape index (κ3) is 8.15. The summed E-state index contributed by atoms with van der Waals surface area (Å²) in [4.78, 5) is 0. The molecule has 1 rings (SSSR count). The van der Waals surface area contributed by atoms with Gasteiger partial charge in [0.25, 0.3) is 0 Å². The highest BCUT2D eigenvalue weighted by Gasteiger charge is 1.97. The van der Waals surface area contributed by atoms with Crippen LogP contribution in [0.2, 0.25) is 0 Å². The van der Waals surface area contributed by atoms with Gasteiger partial charge in [-0.1, -0.05) is 26.0 Å². The Balaban J connectivity index is 2.05. The molecule has 0 aliphatic rings. The zero-order valence-corrected chi connectivity index (χ0v) is 12.9. The fourth-order valence-electron chi connectivity index (χ4n) is 1.71. The highest BCUT2D eigenvalue weighted by atomic mass is 16.5. The van der Waals surface area contributed by atoms with Gasteiger partial charge < -0.3 is 19.5 Å². The Hall–Kier alpha value is -1.10. The Labute approximate surface area is 122 Å². The molecule has 0 amide bonds. The van der Waals surface area contributed by atoms with Crippen molar-refractivity contribution in [2.24, 2.45) is 5.92 Å². The maximum atomic E-state index is 5.64. The second-order valence-corrected chi connectivity index (χ2v) is 5.11. The van der Waals surface area contributed by atoms with Crippen LogP contribution in [0.1, 0.15) is 19.4 Å². The van der Waals surface area contributed by atoms with Crippen LogP contribution in [0.15, 0.2) is 24.3 Å². The van der Waals surface area contributed by atoms with Gasteiger partial charge in [0.05, 0.1) is 19.8 Å². The van der Waals surface area contributed by atoms with Crippen LogP contribution in [-0.2, 0) is 16.0 Å². The van der Waals surface area contributed by atoms with Gasteiger partial charge in [-0.05, 0) is 30.7 Å². The van der Waals surface area contributed by atoms with E-state index in [4.69, 9.17) is 14.2 Å². The number of hydrogen-bond donors (Lipinski definition) is 1. The molecule has 0 saturated heterocycles. The zero-order chi connectivity index (χ0) is 14.6. The van der Waals surface area contributed by atoms with Crippen molar-refractivity contribution in [3.8, 4) is 5.75 Å². The molecule has 0 aromatic heterocycles. The van der Waals surface area contributed by atoms with Crippen LogP contribution in [0.5, 0.6) is 5.75 Å². The molecule has 20 heavy (non-hydrogen) atoms. The van der Waals surface area contributed by atoms with Gasteiger partial charge in [-0.2, -0.15) is 0 Å². The Morgan fingerprint density at radius 1 is 1.05 bits per heavy atom.